The number of aliphatic hydroxyl groups excluding tert-OH is 1. The van der Waals surface area contributed by atoms with Gasteiger partial charge >= 0.3 is 0 Å². The van der Waals surface area contributed by atoms with Gasteiger partial charge in [-0.2, -0.15) is 0 Å². The van der Waals surface area contributed by atoms with Gasteiger partial charge in [0.05, 0.1) is 0 Å². The summed E-state index contributed by atoms with van der Waals surface area (Å²) in [5.41, 5.74) is 5.58. The normalized spacial score (nSPS) is 14.8. The van der Waals surface area contributed by atoms with Gasteiger partial charge in [0.25, 0.3) is 0 Å². The molecule has 0 rings (SSSR count). The summed E-state index contributed by atoms with van der Waals surface area (Å²) in [5, 5.41) is 12.0. The van der Waals surface area contributed by atoms with E-state index >= 15 is 0 Å². The van der Waals surface area contributed by atoms with Crippen LogP contribution in [-0.2, 0) is 0 Å². The second-order valence-electron chi connectivity index (χ2n) is 4.00. The first kappa shape index (κ1) is 11.9. The minimum Gasteiger partial charge on any atom is -0.396 e. The predicted octanol–water partition coefficient (Wildman–Crippen LogP) is 0.474. The molecule has 1 atom stereocenters. The molecule has 0 aromatic rings. The first-order valence-electron chi connectivity index (χ1n) is 4.60. The molecule has 0 aliphatic heterocycles. The molecule has 0 radical (unpaired) electrons. The predicted molar refractivity (Wildman–Crippen MR) is 52.1 cm³/mol. The van der Waals surface area contributed by atoms with E-state index in [0.717, 1.165) is 12.8 Å². The molecule has 3 nitrogen and oxygen atoms in total. The summed E-state index contributed by atoms with van der Waals surface area (Å²) >= 11 is 0. The monoisotopic (exact) mass is 174 g/mol. The van der Waals surface area contributed by atoms with E-state index in [9.17, 15) is 0 Å². The van der Waals surface area contributed by atoms with Crippen LogP contribution in [0.25, 0.3) is 0 Å². The summed E-state index contributed by atoms with van der Waals surface area (Å²) in [4.78, 5) is 0. The number of aliphatic hydroxyl groups is 1. The van der Waals surface area contributed by atoms with Gasteiger partial charge in [-0.3, -0.25) is 0 Å². The lowest BCUT2D eigenvalue weighted by molar-refractivity contribution is 0.265. The average Bonchev–Trinajstić information content (AvgIpc) is 2.00. The van der Waals surface area contributed by atoms with E-state index in [0.29, 0.717) is 12.6 Å². The summed E-state index contributed by atoms with van der Waals surface area (Å²) in [5.74, 6) is 0. The molecule has 0 fully saturated rings. The number of hydrogen-bond donors (Lipinski definition) is 3. The topological polar surface area (TPSA) is 58.3 Å². The molecule has 4 N–H and O–H groups in total. The first-order chi connectivity index (χ1) is 5.52. The number of rotatable bonds is 6. The lowest BCUT2D eigenvalue weighted by Crippen LogP contribution is -2.49. The minimum atomic E-state index is 0.00880. The third-order valence-electron chi connectivity index (χ3n) is 1.94. The summed E-state index contributed by atoms with van der Waals surface area (Å²) in [7, 11) is 0. The maximum absolute atomic E-state index is 8.62. The van der Waals surface area contributed by atoms with Crippen LogP contribution in [0.2, 0.25) is 0 Å². The van der Waals surface area contributed by atoms with E-state index < -0.39 is 0 Å². The van der Waals surface area contributed by atoms with Gasteiger partial charge < -0.3 is 16.2 Å². The highest BCUT2D eigenvalue weighted by molar-refractivity contribution is 4.81. The fourth-order valence-corrected chi connectivity index (χ4v) is 1.20. The van der Waals surface area contributed by atoms with Crippen molar-refractivity contribution in [1.82, 2.24) is 5.32 Å². The molecule has 12 heavy (non-hydrogen) atoms. The van der Waals surface area contributed by atoms with Crippen molar-refractivity contribution in [3.63, 3.8) is 0 Å². The van der Waals surface area contributed by atoms with E-state index in [4.69, 9.17) is 10.8 Å². The van der Waals surface area contributed by atoms with Gasteiger partial charge in [0.2, 0.25) is 0 Å². The smallest absolute Gasteiger partial charge is 0.0431 e. The van der Waals surface area contributed by atoms with Crippen molar-refractivity contribution in [2.75, 3.05) is 13.2 Å². The van der Waals surface area contributed by atoms with E-state index in [1.807, 2.05) is 0 Å². The van der Waals surface area contributed by atoms with Gasteiger partial charge in [-0.1, -0.05) is 0 Å². The van der Waals surface area contributed by atoms with Crippen molar-refractivity contribution in [1.29, 1.82) is 0 Å². The fraction of sp³-hybridized carbons (Fsp3) is 1.00. The molecule has 0 aliphatic rings. The van der Waals surface area contributed by atoms with Crippen LogP contribution in [0.3, 0.4) is 0 Å². The van der Waals surface area contributed by atoms with Gasteiger partial charge in [-0.05, 0) is 33.6 Å². The Bertz CT molecular complexity index is 115. The molecule has 0 bridgehead atoms. The Morgan fingerprint density at radius 2 is 2.08 bits per heavy atom. The molecular formula is C9H22N2O. The van der Waals surface area contributed by atoms with Crippen molar-refractivity contribution in [3.05, 3.63) is 0 Å². The molecule has 74 valence electrons. The fourth-order valence-electron chi connectivity index (χ4n) is 1.20. The SMILES string of the molecule is CC(CCCO)NC(C)(C)CN. The van der Waals surface area contributed by atoms with Crippen LogP contribution in [0, 0.1) is 0 Å². The number of nitrogens with one attached hydrogen (secondary N) is 1. The maximum Gasteiger partial charge on any atom is 0.0431 e. The summed E-state index contributed by atoms with van der Waals surface area (Å²) in [6, 6.07) is 0.427. The lowest BCUT2D eigenvalue weighted by atomic mass is 10.0. The minimum absolute atomic E-state index is 0.00880. The molecule has 0 amide bonds. The molecule has 0 heterocycles. The Morgan fingerprint density at radius 1 is 1.50 bits per heavy atom. The highest BCUT2D eigenvalue weighted by atomic mass is 16.2. The highest BCUT2D eigenvalue weighted by Gasteiger charge is 2.16. The molecule has 0 aromatic carbocycles. The largest absolute Gasteiger partial charge is 0.396 e. The summed E-state index contributed by atoms with van der Waals surface area (Å²) < 4.78 is 0. The quantitative estimate of drug-likeness (QED) is 0.549. The van der Waals surface area contributed by atoms with E-state index in [1.54, 1.807) is 0 Å². The molecule has 0 aliphatic carbocycles. The van der Waals surface area contributed by atoms with Crippen LogP contribution in [0.1, 0.15) is 33.6 Å². The zero-order valence-electron chi connectivity index (χ0n) is 8.43. The van der Waals surface area contributed by atoms with E-state index in [1.165, 1.54) is 0 Å². The van der Waals surface area contributed by atoms with Crippen molar-refractivity contribution >= 4 is 0 Å². The first-order valence-corrected chi connectivity index (χ1v) is 4.60. The van der Waals surface area contributed by atoms with Crippen LogP contribution < -0.4 is 11.1 Å². The van der Waals surface area contributed by atoms with E-state index in [-0.39, 0.29) is 12.1 Å². The van der Waals surface area contributed by atoms with Gasteiger partial charge in [-0.25, -0.2) is 0 Å². The lowest BCUT2D eigenvalue weighted by Gasteiger charge is -2.28. The van der Waals surface area contributed by atoms with Gasteiger partial charge in [0.15, 0.2) is 0 Å². The van der Waals surface area contributed by atoms with Gasteiger partial charge in [0.1, 0.15) is 0 Å². The van der Waals surface area contributed by atoms with Crippen LogP contribution in [0.4, 0.5) is 0 Å². The Kier molecular flexibility index (Phi) is 5.46. The standard InChI is InChI=1S/C9H22N2O/c1-8(5-4-6-12)11-9(2,3)7-10/h8,11-12H,4-7,10H2,1-3H3. The Hall–Kier alpha value is -0.120. The molecule has 0 saturated heterocycles. The van der Waals surface area contributed by atoms with Crippen LogP contribution in [0.5, 0.6) is 0 Å². The zero-order chi connectivity index (χ0) is 9.61. The van der Waals surface area contributed by atoms with Crippen LogP contribution in [0.15, 0.2) is 0 Å². The highest BCUT2D eigenvalue weighted by Crippen LogP contribution is 2.04. The van der Waals surface area contributed by atoms with Crippen molar-refractivity contribution in [2.24, 2.45) is 5.73 Å². The van der Waals surface area contributed by atoms with Crippen LogP contribution >= 0.6 is 0 Å². The molecule has 1 unspecified atom stereocenters. The summed E-state index contributed by atoms with van der Waals surface area (Å²) in [6.07, 6.45) is 1.86. The third-order valence-corrected chi connectivity index (χ3v) is 1.94. The average molecular weight is 174 g/mol. The Balaban J connectivity index is 3.60. The second-order valence-corrected chi connectivity index (χ2v) is 4.00. The van der Waals surface area contributed by atoms with Crippen molar-refractivity contribution in [2.45, 2.75) is 45.2 Å². The number of hydrogen-bond acceptors (Lipinski definition) is 3. The van der Waals surface area contributed by atoms with Crippen molar-refractivity contribution in [3.8, 4) is 0 Å². The molecule has 0 spiro atoms. The van der Waals surface area contributed by atoms with E-state index in [2.05, 4.69) is 26.1 Å². The van der Waals surface area contributed by atoms with Crippen LogP contribution in [-0.4, -0.2) is 29.8 Å². The molecule has 0 aromatic heterocycles. The Morgan fingerprint density at radius 3 is 2.50 bits per heavy atom. The Labute approximate surface area is 75.3 Å². The molecular weight excluding hydrogens is 152 g/mol. The molecule has 0 saturated carbocycles. The van der Waals surface area contributed by atoms with Gasteiger partial charge in [0, 0.05) is 24.7 Å². The number of nitrogens with two attached hydrogens (primary N) is 1. The molecule has 3 heteroatoms. The summed E-state index contributed by atoms with van der Waals surface area (Å²) in [6.45, 7) is 7.20. The second kappa shape index (κ2) is 5.51. The maximum atomic E-state index is 8.62. The van der Waals surface area contributed by atoms with Crippen molar-refractivity contribution < 1.29 is 5.11 Å². The van der Waals surface area contributed by atoms with Gasteiger partial charge in [-0.15, -0.1) is 0 Å². The zero-order valence-corrected chi connectivity index (χ0v) is 8.43. The third kappa shape index (κ3) is 5.52.